The lowest BCUT2D eigenvalue weighted by atomic mass is 9.77. The van der Waals surface area contributed by atoms with Crippen LogP contribution in [0.25, 0.3) is 6.08 Å². The molecule has 0 amide bonds. The molecule has 2 aliphatic rings. The molecular weight excluding hydrogens is 344 g/mol. The molecule has 0 spiro atoms. The van der Waals surface area contributed by atoms with Crippen LogP contribution in [0.2, 0.25) is 0 Å². The van der Waals surface area contributed by atoms with Crippen LogP contribution in [0.15, 0.2) is 76.9 Å². The van der Waals surface area contributed by atoms with E-state index in [-0.39, 0.29) is 11.8 Å². The molecule has 0 aromatic heterocycles. The number of rotatable bonds is 2. The van der Waals surface area contributed by atoms with Crippen molar-refractivity contribution in [2.75, 3.05) is 0 Å². The monoisotopic (exact) mass is 368 g/mol. The van der Waals surface area contributed by atoms with Crippen LogP contribution in [0.1, 0.15) is 47.4 Å². The highest BCUT2D eigenvalue weighted by atomic mass is 16.5. The van der Waals surface area contributed by atoms with E-state index in [9.17, 15) is 5.26 Å². The Bertz CT molecular complexity index is 1030. The first kappa shape index (κ1) is 18.1. The largest absolute Gasteiger partial charge is 0.440 e. The topological polar surface area (TPSA) is 59.0 Å². The van der Waals surface area contributed by atoms with E-state index in [2.05, 4.69) is 74.5 Å². The minimum absolute atomic E-state index is 0.129. The summed E-state index contributed by atoms with van der Waals surface area (Å²) >= 11 is 0. The van der Waals surface area contributed by atoms with Gasteiger partial charge in [-0.3, -0.25) is 0 Å². The van der Waals surface area contributed by atoms with Gasteiger partial charge in [0.2, 0.25) is 5.88 Å². The van der Waals surface area contributed by atoms with Gasteiger partial charge in [0, 0.05) is 5.92 Å². The second-order valence-corrected chi connectivity index (χ2v) is 7.62. The Morgan fingerprint density at radius 2 is 1.64 bits per heavy atom. The summed E-state index contributed by atoms with van der Waals surface area (Å²) in [7, 11) is 0. The lowest BCUT2D eigenvalue weighted by Crippen LogP contribution is -2.23. The van der Waals surface area contributed by atoms with Crippen molar-refractivity contribution in [3.05, 3.63) is 99.1 Å². The molecule has 0 saturated heterocycles. The van der Waals surface area contributed by atoms with Crippen LogP contribution in [-0.2, 0) is 4.74 Å². The average Bonchev–Trinajstić information content (AvgIpc) is 2.70. The summed E-state index contributed by atoms with van der Waals surface area (Å²) in [4.78, 5) is 0. The van der Waals surface area contributed by atoms with Crippen LogP contribution in [0, 0.1) is 25.2 Å². The molecule has 0 bridgehead atoms. The maximum Gasteiger partial charge on any atom is 0.205 e. The molecular formula is C25H24N2O. The van der Waals surface area contributed by atoms with E-state index < -0.39 is 0 Å². The molecule has 2 aromatic carbocycles. The van der Waals surface area contributed by atoms with Crippen LogP contribution in [0.5, 0.6) is 0 Å². The third-order valence-electron chi connectivity index (χ3n) is 5.54. The molecule has 2 aromatic rings. The van der Waals surface area contributed by atoms with Crippen molar-refractivity contribution < 1.29 is 4.74 Å². The number of nitrogens with zero attached hydrogens (tertiary/aromatic N) is 1. The van der Waals surface area contributed by atoms with E-state index in [4.69, 9.17) is 10.5 Å². The van der Waals surface area contributed by atoms with Crippen molar-refractivity contribution in [3.63, 3.8) is 0 Å². The normalized spacial score (nSPS) is 20.6. The zero-order valence-electron chi connectivity index (χ0n) is 16.3. The second-order valence-electron chi connectivity index (χ2n) is 7.62. The van der Waals surface area contributed by atoms with Gasteiger partial charge in [0.1, 0.15) is 17.4 Å². The fourth-order valence-electron chi connectivity index (χ4n) is 4.04. The third-order valence-corrected chi connectivity index (χ3v) is 5.54. The summed E-state index contributed by atoms with van der Waals surface area (Å²) in [5.41, 5.74) is 13.7. The minimum Gasteiger partial charge on any atom is -0.440 e. The Balaban J connectivity index is 1.82. The molecule has 28 heavy (non-hydrogen) atoms. The zero-order chi connectivity index (χ0) is 19.7. The highest BCUT2D eigenvalue weighted by Gasteiger charge is 2.35. The van der Waals surface area contributed by atoms with Gasteiger partial charge in [-0.25, -0.2) is 0 Å². The Kier molecular flexibility index (Phi) is 4.79. The first-order valence-corrected chi connectivity index (χ1v) is 9.71. The first-order valence-electron chi connectivity index (χ1n) is 9.71. The SMILES string of the molecule is Cc1ccc(/C=C2/CCCC3=C2OC(N)=C(C#N)[C@H]3c2ccc(C)cc2)cc1. The highest BCUT2D eigenvalue weighted by molar-refractivity contribution is 5.62. The van der Waals surface area contributed by atoms with E-state index in [1.807, 2.05) is 0 Å². The molecule has 3 nitrogen and oxygen atoms in total. The van der Waals surface area contributed by atoms with Gasteiger partial charge in [0.15, 0.2) is 0 Å². The number of hydrogen-bond acceptors (Lipinski definition) is 3. The van der Waals surface area contributed by atoms with Gasteiger partial charge in [-0.1, -0.05) is 59.7 Å². The van der Waals surface area contributed by atoms with Crippen molar-refractivity contribution in [1.29, 1.82) is 5.26 Å². The van der Waals surface area contributed by atoms with E-state index in [0.29, 0.717) is 5.57 Å². The van der Waals surface area contributed by atoms with Crippen molar-refractivity contribution in [1.82, 2.24) is 0 Å². The number of nitrogens with two attached hydrogens (primary N) is 1. The van der Waals surface area contributed by atoms with Gasteiger partial charge in [-0.15, -0.1) is 0 Å². The number of nitriles is 1. The second kappa shape index (κ2) is 7.40. The van der Waals surface area contributed by atoms with Crippen molar-refractivity contribution >= 4 is 6.08 Å². The smallest absolute Gasteiger partial charge is 0.205 e. The molecule has 3 heteroatoms. The molecule has 0 unspecified atom stereocenters. The van der Waals surface area contributed by atoms with E-state index in [1.54, 1.807) is 0 Å². The van der Waals surface area contributed by atoms with Crippen molar-refractivity contribution in [2.24, 2.45) is 5.73 Å². The Morgan fingerprint density at radius 3 is 2.29 bits per heavy atom. The molecule has 1 heterocycles. The fourth-order valence-corrected chi connectivity index (χ4v) is 4.04. The maximum absolute atomic E-state index is 9.76. The summed E-state index contributed by atoms with van der Waals surface area (Å²) in [6.45, 7) is 4.15. The van der Waals surface area contributed by atoms with Gasteiger partial charge in [0.25, 0.3) is 0 Å². The summed E-state index contributed by atoms with van der Waals surface area (Å²) in [5, 5.41) is 9.76. The summed E-state index contributed by atoms with van der Waals surface area (Å²) < 4.78 is 6.02. The summed E-state index contributed by atoms with van der Waals surface area (Å²) in [6, 6.07) is 19.1. The van der Waals surface area contributed by atoms with Crippen LogP contribution in [-0.4, -0.2) is 0 Å². The van der Waals surface area contributed by atoms with Gasteiger partial charge >= 0.3 is 0 Å². The fraction of sp³-hybridized carbons (Fsp3) is 0.240. The van der Waals surface area contributed by atoms with E-state index in [0.717, 1.165) is 41.7 Å². The molecule has 0 fully saturated rings. The minimum atomic E-state index is -0.129. The molecule has 2 N–H and O–H groups in total. The predicted octanol–water partition coefficient (Wildman–Crippen LogP) is 5.63. The predicted molar refractivity (Wildman–Crippen MR) is 112 cm³/mol. The summed E-state index contributed by atoms with van der Waals surface area (Å²) in [5.74, 6) is 0.952. The highest BCUT2D eigenvalue weighted by Crippen LogP contribution is 2.46. The summed E-state index contributed by atoms with van der Waals surface area (Å²) in [6.07, 6.45) is 5.09. The quantitative estimate of drug-likeness (QED) is 0.747. The molecule has 0 saturated carbocycles. The number of aryl methyl sites for hydroxylation is 2. The molecule has 0 radical (unpaired) electrons. The molecule has 1 aliphatic heterocycles. The molecule has 4 rings (SSSR count). The van der Waals surface area contributed by atoms with Crippen LogP contribution < -0.4 is 5.73 Å². The zero-order valence-corrected chi connectivity index (χ0v) is 16.3. The van der Waals surface area contributed by atoms with Crippen LogP contribution >= 0.6 is 0 Å². The van der Waals surface area contributed by atoms with E-state index in [1.165, 1.54) is 16.7 Å². The molecule has 140 valence electrons. The Hall–Kier alpha value is -3.25. The van der Waals surface area contributed by atoms with Gasteiger partial charge < -0.3 is 10.5 Å². The van der Waals surface area contributed by atoms with Crippen molar-refractivity contribution in [2.45, 2.75) is 39.0 Å². The lowest BCUT2D eigenvalue weighted by molar-refractivity contribution is 0.277. The first-order chi connectivity index (χ1) is 13.6. The number of benzene rings is 2. The lowest BCUT2D eigenvalue weighted by Gasteiger charge is -2.33. The number of ether oxygens (including phenoxy) is 1. The molecule has 1 aliphatic carbocycles. The Labute approximate surface area is 166 Å². The van der Waals surface area contributed by atoms with E-state index >= 15 is 0 Å². The third kappa shape index (κ3) is 3.34. The standard InChI is InChI=1S/C25H24N2O/c1-16-6-10-18(11-7-16)14-20-4-3-5-21-23(19-12-8-17(2)9-13-19)22(15-26)25(27)28-24(20)21/h6-14,23H,3-5,27H2,1-2H3/b20-14-/t23-/m0/s1. The van der Waals surface area contributed by atoms with Gasteiger partial charge in [-0.2, -0.15) is 5.26 Å². The number of hydrogen-bond donors (Lipinski definition) is 1. The average molecular weight is 368 g/mol. The van der Waals surface area contributed by atoms with Crippen LogP contribution in [0.3, 0.4) is 0 Å². The van der Waals surface area contributed by atoms with Crippen molar-refractivity contribution in [3.8, 4) is 6.07 Å². The Morgan fingerprint density at radius 1 is 1.00 bits per heavy atom. The molecule has 1 atom stereocenters. The maximum atomic E-state index is 9.76. The van der Waals surface area contributed by atoms with Gasteiger partial charge in [-0.05, 0) is 61.5 Å². The van der Waals surface area contributed by atoms with Gasteiger partial charge in [0.05, 0.1) is 0 Å². The number of allylic oxidation sites excluding steroid dienone is 3. The van der Waals surface area contributed by atoms with Crippen LogP contribution in [0.4, 0.5) is 0 Å².